The predicted octanol–water partition coefficient (Wildman–Crippen LogP) is -0.218. The average molecular weight is 143 g/mol. The lowest BCUT2D eigenvalue weighted by Gasteiger charge is -1.78. The molecule has 0 saturated carbocycles. The summed E-state index contributed by atoms with van der Waals surface area (Å²) in [5.41, 5.74) is 3.25. The minimum absolute atomic E-state index is 0.381. The van der Waals surface area contributed by atoms with Gasteiger partial charge >= 0.3 is 0 Å². The van der Waals surface area contributed by atoms with Gasteiger partial charge < -0.3 is 0 Å². The van der Waals surface area contributed by atoms with E-state index in [1.165, 1.54) is 0 Å². The Kier molecular flexibility index (Phi) is 1.21. The largest absolute Gasteiger partial charge is 0.295 e. The lowest BCUT2D eigenvalue weighted by Crippen LogP contribution is -2.19. The van der Waals surface area contributed by atoms with Crippen LogP contribution >= 0.6 is 0 Å². The van der Waals surface area contributed by atoms with E-state index in [-0.39, 0.29) is 0 Å². The van der Waals surface area contributed by atoms with Gasteiger partial charge in [-0.25, -0.2) is 4.99 Å². The van der Waals surface area contributed by atoms with Gasteiger partial charge in [-0.15, -0.1) is 0 Å². The Morgan fingerprint density at radius 2 is 2.18 bits per heavy atom. The summed E-state index contributed by atoms with van der Waals surface area (Å²) in [5, 5.41) is 1.73. The van der Waals surface area contributed by atoms with Crippen LogP contribution in [-0.2, 0) is 4.79 Å². The highest BCUT2D eigenvalue weighted by molar-refractivity contribution is 5.77. The second-order valence-corrected chi connectivity index (χ2v) is 2.26. The molecule has 1 heterocycles. The molecule has 1 aliphatic heterocycles. The Morgan fingerprint density at radius 3 is 2.91 bits per heavy atom. The lowest BCUT2D eigenvalue weighted by molar-refractivity contribution is -0.104. The monoisotopic (exact) mass is 143 g/mol. The molecule has 0 bridgehead atoms. The second kappa shape index (κ2) is 2.19. The number of nitrogens with zero attached hydrogens (tertiary/aromatic N) is 1. The molecule has 0 fully saturated rings. The Morgan fingerprint density at radius 1 is 1.36 bits per heavy atom. The van der Waals surface area contributed by atoms with Crippen molar-refractivity contribution in [3.8, 4) is 0 Å². The number of hydrogen-bond acceptors (Lipinski definition) is 2. The molecule has 11 heavy (non-hydrogen) atoms. The van der Waals surface area contributed by atoms with E-state index in [9.17, 15) is 4.79 Å². The number of carbonyl (C=O) groups excluding carboxylic acids is 1. The highest BCUT2D eigenvalue weighted by Gasteiger charge is 1.95. The SMILES string of the molecule is O=CC1=C=c2ccccc2=N1. The maximum atomic E-state index is 10.3. The van der Waals surface area contributed by atoms with Gasteiger partial charge in [0.15, 0.2) is 6.29 Å². The molecule has 0 unspecified atom stereocenters. The van der Waals surface area contributed by atoms with E-state index in [1.807, 2.05) is 24.3 Å². The minimum Gasteiger partial charge on any atom is -0.295 e. The summed E-state index contributed by atoms with van der Waals surface area (Å²) in [6.45, 7) is 0. The molecule has 1 aliphatic rings. The lowest BCUT2D eigenvalue weighted by atomic mass is 10.3. The minimum atomic E-state index is 0.381. The molecule has 0 aliphatic carbocycles. The molecule has 0 amide bonds. The fourth-order valence-electron chi connectivity index (χ4n) is 1.03. The molecule has 1 aromatic rings. The van der Waals surface area contributed by atoms with Crippen LogP contribution in [0.5, 0.6) is 0 Å². The fourth-order valence-corrected chi connectivity index (χ4v) is 1.03. The molecule has 0 aromatic heterocycles. The van der Waals surface area contributed by atoms with Gasteiger partial charge in [-0.3, -0.25) is 4.79 Å². The van der Waals surface area contributed by atoms with Gasteiger partial charge in [-0.1, -0.05) is 17.9 Å². The van der Waals surface area contributed by atoms with Gasteiger partial charge in [0, 0.05) is 5.22 Å². The molecule has 2 nitrogen and oxygen atoms in total. The van der Waals surface area contributed by atoms with E-state index < -0.39 is 0 Å². The second-order valence-electron chi connectivity index (χ2n) is 2.26. The summed E-state index contributed by atoms with van der Waals surface area (Å²) < 4.78 is 0. The first-order chi connectivity index (χ1) is 5.40. The summed E-state index contributed by atoms with van der Waals surface area (Å²) >= 11 is 0. The van der Waals surface area contributed by atoms with E-state index >= 15 is 0 Å². The van der Waals surface area contributed by atoms with Crippen LogP contribution in [0.15, 0.2) is 35.0 Å². The Bertz CT molecular complexity index is 453. The van der Waals surface area contributed by atoms with Crippen LogP contribution in [0.4, 0.5) is 0 Å². The van der Waals surface area contributed by atoms with Gasteiger partial charge in [-0.2, -0.15) is 0 Å². The molecule has 0 saturated heterocycles. The third kappa shape index (κ3) is 0.896. The number of hydrogen-bond donors (Lipinski definition) is 0. The van der Waals surface area contributed by atoms with Crippen LogP contribution in [0.3, 0.4) is 0 Å². The van der Waals surface area contributed by atoms with Gasteiger partial charge in [0.2, 0.25) is 0 Å². The number of benzene rings is 1. The third-order valence-electron chi connectivity index (χ3n) is 1.52. The quantitative estimate of drug-likeness (QED) is 0.500. The van der Waals surface area contributed by atoms with E-state index in [4.69, 9.17) is 0 Å². The fraction of sp³-hybridized carbons (Fsp3) is 0. The van der Waals surface area contributed by atoms with Crippen molar-refractivity contribution in [2.75, 3.05) is 0 Å². The standard InChI is InChI=1S/C9H5NO/c11-6-8-5-7-3-1-2-4-9(7)10-8/h1-4,6H. The molecule has 2 heteroatoms. The normalized spacial score (nSPS) is 12.5. The molecule has 0 radical (unpaired) electrons. The molecule has 52 valence electrons. The van der Waals surface area contributed by atoms with E-state index in [0.717, 1.165) is 10.6 Å². The number of carbonyl (C=O) groups is 1. The highest BCUT2D eigenvalue weighted by Crippen LogP contribution is 1.88. The van der Waals surface area contributed by atoms with Crippen LogP contribution in [0, 0.1) is 0 Å². The van der Waals surface area contributed by atoms with Crippen molar-refractivity contribution >= 4 is 12.0 Å². The topological polar surface area (TPSA) is 29.4 Å². The molecular weight excluding hydrogens is 138 g/mol. The molecular formula is C9H5NO. The first kappa shape index (κ1) is 6.08. The summed E-state index contributed by atoms with van der Waals surface area (Å²) in [7, 11) is 0. The maximum Gasteiger partial charge on any atom is 0.176 e. The van der Waals surface area contributed by atoms with Crippen LogP contribution in [0.2, 0.25) is 0 Å². The van der Waals surface area contributed by atoms with Gasteiger partial charge in [0.1, 0.15) is 5.70 Å². The average Bonchev–Trinajstić information content (AvgIpc) is 2.46. The molecule has 1 aromatic carbocycles. The van der Waals surface area contributed by atoms with E-state index in [0.29, 0.717) is 12.0 Å². The number of para-hydroxylation sites is 1. The van der Waals surface area contributed by atoms with E-state index in [1.54, 1.807) is 0 Å². The maximum absolute atomic E-state index is 10.3. The predicted molar refractivity (Wildman–Crippen MR) is 40.2 cm³/mol. The molecule has 0 spiro atoms. The first-order valence-electron chi connectivity index (χ1n) is 3.30. The zero-order chi connectivity index (χ0) is 7.68. The van der Waals surface area contributed by atoms with Crippen molar-refractivity contribution in [3.05, 3.63) is 40.5 Å². The van der Waals surface area contributed by atoms with Crippen LogP contribution < -0.4 is 10.6 Å². The Labute approximate surface area is 63.2 Å². The Hall–Kier alpha value is -1.66. The number of allylic oxidation sites excluding steroid dienone is 1. The van der Waals surface area contributed by atoms with Crippen molar-refractivity contribution in [3.63, 3.8) is 0 Å². The summed E-state index contributed by atoms with van der Waals surface area (Å²) in [4.78, 5) is 14.3. The first-order valence-corrected chi connectivity index (χ1v) is 3.30. The third-order valence-corrected chi connectivity index (χ3v) is 1.52. The number of fused-ring (bicyclic) bond motifs is 1. The highest BCUT2D eigenvalue weighted by atomic mass is 16.1. The number of rotatable bonds is 1. The van der Waals surface area contributed by atoms with Gasteiger partial charge in [0.25, 0.3) is 0 Å². The van der Waals surface area contributed by atoms with Crippen LogP contribution in [0.1, 0.15) is 0 Å². The zero-order valence-corrected chi connectivity index (χ0v) is 5.74. The van der Waals surface area contributed by atoms with Gasteiger partial charge in [0.05, 0.1) is 5.36 Å². The van der Waals surface area contributed by atoms with Crippen LogP contribution in [0.25, 0.3) is 5.73 Å². The summed E-state index contributed by atoms with van der Waals surface area (Å²) in [6.07, 6.45) is 0.708. The molecule has 0 atom stereocenters. The number of aldehydes is 1. The van der Waals surface area contributed by atoms with Crippen molar-refractivity contribution in [2.24, 2.45) is 4.99 Å². The van der Waals surface area contributed by atoms with Crippen LogP contribution in [-0.4, -0.2) is 6.29 Å². The summed E-state index contributed by atoms with van der Waals surface area (Å²) in [6, 6.07) is 7.53. The van der Waals surface area contributed by atoms with Crippen molar-refractivity contribution in [1.29, 1.82) is 0 Å². The van der Waals surface area contributed by atoms with Gasteiger partial charge in [-0.05, 0) is 12.1 Å². The van der Waals surface area contributed by atoms with Crippen molar-refractivity contribution in [2.45, 2.75) is 0 Å². The van der Waals surface area contributed by atoms with Crippen molar-refractivity contribution in [1.82, 2.24) is 0 Å². The summed E-state index contributed by atoms with van der Waals surface area (Å²) in [5.74, 6) is 0. The zero-order valence-electron chi connectivity index (χ0n) is 5.74. The van der Waals surface area contributed by atoms with E-state index in [2.05, 4.69) is 10.7 Å². The Balaban J connectivity index is 2.87. The van der Waals surface area contributed by atoms with Crippen molar-refractivity contribution < 1.29 is 4.79 Å². The molecule has 0 N–H and O–H groups in total. The molecule has 2 rings (SSSR count). The smallest absolute Gasteiger partial charge is 0.176 e.